The van der Waals surface area contributed by atoms with Gasteiger partial charge in [0, 0.05) is 10.8 Å². The van der Waals surface area contributed by atoms with Gasteiger partial charge in [-0.1, -0.05) is 6.92 Å². The highest BCUT2D eigenvalue weighted by Gasteiger charge is 2.62. The number of rotatable bonds is 1. The lowest BCUT2D eigenvalue weighted by molar-refractivity contribution is 0.155. The van der Waals surface area contributed by atoms with Crippen molar-refractivity contribution in [2.24, 2.45) is 11.3 Å². The molecule has 0 aliphatic heterocycles. The highest BCUT2D eigenvalue weighted by atomic mass is 35.5. The van der Waals surface area contributed by atoms with Crippen LogP contribution in [0.3, 0.4) is 0 Å². The van der Waals surface area contributed by atoms with Gasteiger partial charge in [-0.25, -0.2) is 0 Å². The molecule has 10 heavy (non-hydrogen) atoms. The first kappa shape index (κ1) is 7.24. The van der Waals surface area contributed by atoms with Gasteiger partial charge in [-0.2, -0.15) is 0 Å². The molecule has 2 heteroatoms. The van der Waals surface area contributed by atoms with Crippen LogP contribution >= 0.6 is 23.2 Å². The minimum absolute atomic E-state index is 0.161. The van der Waals surface area contributed by atoms with Gasteiger partial charge in [-0.05, 0) is 30.6 Å². The zero-order valence-electron chi connectivity index (χ0n) is 6.16. The molecule has 58 valence electrons. The van der Waals surface area contributed by atoms with Gasteiger partial charge in [-0.15, -0.1) is 23.2 Å². The molecule has 0 heterocycles. The summed E-state index contributed by atoms with van der Waals surface area (Å²) in [4.78, 5) is 0.161. The number of fused-ring (bicyclic) bond motifs is 1. The Balaban J connectivity index is 2.16. The normalized spacial score (nSPS) is 58.5. The van der Waals surface area contributed by atoms with Gasteiger partial charge in [0.15, 0.2) is 0 Å². The Morgan fingerprint density at radius 2 is 2.10 bits per heavy atom. The topological polar surface area (TPSA) is 0 Å². The fraction of sp³-hybridized carbons (Fsp3) is 1.00. The molecule has 1 unspecified atom stereocenters. The maximum Gasteiger partial charge on any atom is 0.0460 e. The van der Waals surface area contributed by atoms with Gasteiger partial charge in [-0.3, -0.25) is 0 Å². The van der Waals surface area contributed by atoms with Crippen LogP contribution in [0.2, 0.25) is 0 Å². The SMILES string of the molecule is CC12CC(Cl)(CC1CCl)C2. The predicted octanol–water partition coefficient (Wildman–Crippen LogP) is 3.02. The molecule has 3 fully saturated rings. The lowest BCUT2D eigenvalue weighted by Gasteiger charge is -2.42. The van der Waals surface area contributed by atoms with Crippen LogP contribution in [0.5, 0.6) is 0 Å². The predicted molar refractivity (Wildman–Crippen MR) is 44.8 cm³/mol. The number of alkyl halides is 2. The maximum atomic E-state index is 6.24. The van der Waals surface area contributed by atoms with Crippen LogP contribution in [0.1, 0.15) is 26.2 Å². The van der Waals surface area contributed by atoms with Crippen LogP contribution in [0.15, 0.2) is 0 Å². The van der Waals surface area contributed by atoms with Crippen molar-refractivity contribution in [1.82, 2.24) is 0 Å². The van der Waals surface area contributed by atoms with E-state index in [0.29, 0.717) is 11.3 Å². The van der Waals surface area contributed by atoms with Crippen molar-refractivity contribution in [1.29, 1.82) is 0 Å². The fourth-order valence-corrected chi connectivity index (χ4v) is 4.04. The smallest absolute Gasteiger partial charge is 0.0460 e. The summed E-state index contributed by atoms with van der Waals surface area (Å²) < 4.78 is 0. The zero-order valence-corrected chi connectivity index (χ0v) is 7.67. The number of hydrogen-bond donors (Lipinski definition) is 0. The van der Waals surface area contributed by atoms with Gasteiger partial charge < -0.3 is 0 Å². The lowest BCUT2D eigenvalue weighted by Crippen LogP contribution is -2.37. The van der Waals surface area contributed by atoms with Crippen molar-refractivity contribution in [3.63, 3.8) is 0 Å². The standard InChI is InChI=1S/C8H12Cl2/c1-7-4-8(10,5-7)2-6(7)3-9/h6H,2-5H2,1H3. The molecule has 0 radical (unpaired) electrons. The molecular formula is C8H12Cl2. The Kier molecular flexibility index (Phi) is 1.33. The second-order valence-corrected chi connectivity index (χ2v) is 5.32. The molecule has 0 aromatic carbocycles. The van der Waals surface area contributed by atoms with Crippen LogP contribution in [0.4, 0.5) is 0 Å². The highest BCUT2D eigenvalue weighted by Crippen LogP contribution is 2.67. The van der Waals surface area contributed by atoms with Crippen molar-refractivity contribution in [3.05, 3.63) is 0 Å². The van der Waals surface area contributed by atoms with Crippen molar-refractivity contribution in [2.75, 3.05) is 5.88 Å². The molecule has 0 saturated heterocycles. The highest BCUT2D eigenvalue weighted by molar-refractivity contribution is 6.25. The van der Waals surface area contributed by atoms with E-state index in [1.807, 2.05) is 0 Å². The first-order valence-electron chi connectivity index (χ1n) is 3.83. The molecule has 2 bridgehead atoms. The average molecular weight is 179 g/mol. The second-order valence-electron chi connectivity index (χ2n) is 4.21. The van der Waals surface area contributed by atoms with Gasteiger partial charge in [0.1, 0.15) is 0 Å². The Labute approximate surface area is 71.9 Å². The molecule has 0 aromatic rings. The van der Waals surface area contributed by atoms with Crippen molar-refractivity contribution in [2.45, 2.75) is 31.1 Å². The van der Waals surface area contributed by atoms with E-state index in [1.165, 1.54) is 12.8 Å². The third-order valence-corrected chi connectivity index (χ3v) is 4.02. The molecule has 3 aliphatic carbocycles. The van der Waals surface area contributed by atoms with E-state index >= 15 is 0 Å². The average Bonchev–Trinajstić information content (AvgIpc) is 2.13. The van der Waals surface area contributed by atoms with Gasteiger partial charge >= 0.3 is 0 Å². The summed E-state index contributed by atoms with van der Waals surface area (Å²) in [6.45, 7) is 2.31. The first-order valence-corrected chi connectivity index (χ1v) is 4.74. The van der Waals surface area contributed by atoms with Gasteiger partial charge in [0.25, 0.3) is 0 Å². The summed E-state index contributed by atoms with van der Waals surface area (Å²) in [5.41, 5.74) is 0.503. The Bertz CT molecular complexity index is 159. The second kappa shape index (κ2) is 1.84. The molecule has 0 aromatic heterocycles. The lowest BCUT2D eigenvalue weighted by atomic mass is 9.68. The molecule has 0 amide bonds. The number of halogens is 2. The minimum Gasteiger partial charge on any atom is -0.126 e. The van der Waals surface area contributed by atoms with Crippen LogP contribution in [-0.2, 0) is 0 Å². The third-order valence-electron chi connectivity index (χ3n) is 3.23. The van der Waals surface area contributed by atoms with Crippen LogP contribution in [0, 0.1) is 11.3 Å². The summed E-state index contributed by atoms with van der Waals surface area (Å²) in [5.74, 6) is 1.48. The van der Waals surface area contributed by atoms with E-state index in [0.717, 1.165) is 12.3 Å². The van der Waals surface area contributed by atoms with Crippen LogP contribution < -0.4 is 0 Å². The Morgan fingerprint density at radius 1 is 1.50 bits per heavy atom. The summed E-state index contributed by atoms with van der Waals surface area (Å²) in [6, 6.07) is 0. The number of hydrogen-bond acceptors (Lipinski definition) is 0. The largest absolute Gasteiger partial charge is 0.126 e. The van der Waals surface area contributed by atoms with E-state index in [1.54, 1.807) is 0 Å². The summed E-state index contributed by atoms with van der Waals surface area (Å²) in [6.07, 6.45) is 3.53. The van der Waals surface area contributed by atoms with E-state index in [4.69, 9.17) is 23.2 Å². The van der Waals surface area contributed by atoms with E-state index in [2.05, 4.69) is 6.92 Å². The summed E-state index contributed by atoms with van der Waals surface area (Å²) >= 11 is 12.1. The van der Waals surface area contributed by atoms with Gasteiger partial charge in [0.05, 0.1) is 0 Å². The van der Waals surface area contributed by atoms with Crippen molar-refractivity contribution >= 4 is 23.2 Å². The van der Waals surface area contributed by atoms with Crippen molar-refractivity contribution in [3.8, 4) is 0 Å². The molecule has 0 spiro atoms. The third kappa shape index (κ3) is 0.753. The summed E-state index contributed by atoms with van der Waals surface area (Å²) in [5, 5.41) is 0. The van der Waals surface area contributed by atoms with Crippen LogP contribution in [0.25, 0.3) is 0 Å². The quantitative estimate of drug-likeness (QED) is 0.542. The summed E-state index contributed by atoms with van der Waals surface area (Å²) in [7, 11) is 0. The molecular weight excluding hydrogens is 167 g/mol. The first-order chi connectivity index (χ1) is 4.58. The van der Waals surface area contributed by atoms with E-state index in [-0.39, 0.29) is 4.87 Å². The Hall–Kier alpha value is 0.580. The molecule has 3 saturated carbocycles. The molecule has 0 N–H and O–H groups in total. The molecule has 3 rings (SSSR count). The zero-order chi connectivity index (χ0) is 7.41. The van der Waals surface area contributed by atoms with E-state index < -0.39 is 0 Å². The Morgan fingerprint density at radius 3 is 2.30 bits per heavy atom. The molecule has 1 atom stereocenters. The monoisotopic (exact) mass is 178 g/mol. The molecule has 3 aliphatic rings. The van der Waals surface area contributed by atoms with E-state index in [9.17, 15) is 0 Å². The minimum atomic E-state index is 0.161. The van der Waals surface area contributed by atoms with Crippen LogP contribution in [-0.4, -0.2) is 10.8 Å². The van der Waals surface area contributed by atoms with Crippen molar-refractivity contribution < 1.29 is 0 Å². The van der Waals surface area contributed by atoms with Gasteiger partial charge in [0.2, 0.25) is 0 Å². The maximum absolute atomic E-state index is 6.24. The fourth-order valence-electron chi connectivity index (χ4n) is 2.76. The molecule has 0 nitrogen and oxygen atoms in total.